The average molecular weight is 296 g/mol. The van der Waals surface area contributed by atoms with E-state index in [4.69, 9.17) is 14.7 Å². The average Bonchev–Trinajstić information content (AvgIpc) is 2.56. The zero-order valence-corrected chi connectivity index (χ0v) is 13.8. The predicted octanol–water partition coefficient (Wildman–Crippen LogP) is 3.42. The molecule has 0 atom stereocenters. The highest BCUT2D eigenvalue weighted by Gasteiger charge is 2.53. The van der Waals surface area contributed by atoms with Crippen molar-refractivity contribution in [3.63, 3.8) is 0 Å². The van der Waals surface area contributed by atoms with Gasteiger partial charge in [0.15, 0.2) is 0 Å². The molecular formula is C15H26BFN2O2. The molecule has 0 aromatic rings. The van der Waals surface area contributed by atoms with Gasteiger partial charge >= 0.3 is 7.12 Å². The second-order valence-corrected chi connectivity index (χ2v) is 5.55. The molecule has 0 bridgehead atoms. The Morgan fingerprint density at radius 2 is 1.71 bits per heavy atom. The van der Waals surface area contributed by atoms with Crippen molar-refractivity contribution in [2.45, 2.75) is 45.8 Å². The van der Waals surface area contributed by atoms with Crippen LogP contribution in [0.3, 0.4) is 0 Å². The van der Waals surface area contributed by atoms with Crippen LogP contribution in [0.4, 0.5) is 4.39 Å². The molecule has 0 radical (unpaired) electrons. The maximum absolute atomic E-state index is 13.0. The zero-order valence-electron chi connectivity index (χ0n) is 13.8. The standard InChI is InChI=1S/C10H18BFN2O2.C5H8/c1-9(2)10(3,4)16-11(15-9)7(6-14-5)8(12)13;1-3-5-4-2/h6,13-14H,1-5H3;3-5H,1H2,2H3/b7-6+,13-8?;5-4-. The number of halogens is 1. The van der Waals surface area contributed by atoms with Gasteiger partial charge in [-0.25, -0.2) is 0 Å². The Morgan fingerprint density at radius 3 is 1.95 bits per heavy atom. The summed E-state index contributed by atoms with van der Waals surface area (Å²) in [7, 11) is 0.795. The van der Waals surface area contributed by atoms with Crippen LogP contribution in [0.1, 0.15) is 34.6 Å². The van der Waals surface area contributed by atoms with E-state index < -0.39 is 24.3 Å². The van der Waals surface area contributed by atoms with Gasteiger partial charge in [-0.1, -0.05) is 24.8 Å². The summed E-state index contributed by atoms with van der Waals surface area (Å²) in [5.41, 5.74) is -0.985. The Labute approximate surface area is 127 Å². The van der Waals surface area contributed by atoms with Crippen molar-refractivity contribution < 1.29 is 13.7 Å². The first-order valence-electron chi connectivity index (χ1n) is 6.84. The minimum Gasteiger partial charge on any atom is -0.399 e. The Hall–Kier alpha value is -1.40. The van der Waals surface area contributed by atoms with Crippen molar-refractivity contribution >= 4 is 13.1 Å². The molecule has 1 rings (SSSR count). The van der Waals surface area contributed by atoms with Crippen molar-refractivity contribution in [1.29, 1.82) is 5.41 Å². The molecule has 0 spiro atoms. The van der Waals surface area contributed by atoms with E-state index >= 15 is 0 Å². The summed E-state index contributed by atoms with van der Waals surface area (Å²) >= 11 is 0. The summed E-state index contributed by atoms with van der Waals surface area (Å²) in [4.78, 5) is 0. The molecule has 118 valence electrons. The number of nitrogens with one attached hydrogen (secondary N) is 2. The molecule has 0 amide bonds. The molecule has 4 nitrogen and oxygen atoms in total. The molecule has 1 aliphatic rings. The molecule has 0 unspecified atom stereocenters. The monoisotopic (exact) mass is 296 g/mol. The van der Waals surface area contributed by atoms with Crippen LogP contribution in [0.2, 0.25) is 0 Å². The summed E-state index contributed by atoms with van der Waals surface area (Å²) in [5, 5.41) is 9.72. The molecule has 1 saturated heterocycles. The first-order valence-corrected chi connectivity index (χ1v) is 6.84. The quantitative estimate of drug-likeness (QED) is 0.475. The fourth-order valence-corrected chi connectivity index (χ4v) is 1.50. The minimum absolute atomic E-state index is 0.0705. The summed E-state index contributed by atoms with van der Waals surface area (Å²) in [6.07, 6.45) is 6.96. The predicted molar refractivity (Wildman–Crippen MR) is 87.1 cm³/mol. The van der Waals surface area contributed by atoms with Gasteiger partial charge < -0.3 is 14.6 Å². The Balaban J connectivity index is 0.000000690. The third-order valence-electron chi connectivity index (χ3n) is 3.39. The number of hydrogen-bond acceptors (Lipinski definition) is 4. The fourth-order valence-electron chi connectivity index (χ4n) is 1.50. The molecule has 0 saturated carbocycles. The van der Waals surface area contributed by atoms with Crippen LogP contribution < -0.4 is 5.32 Å². The first kappa shape index (κ1) is 19.6. The van der Waals surface area contributed by atoms with Gasteiger partial charge in [-0.15, -0.1) is 0 Å². The lowest BCUT2D eigenvalue weighted by molar-refractivity contribution is 0.00578. The molecule has 6 heteroatoms. The summed E-state index contributed by atoms with van der Waals surface area (Å²) < 4.78 is 24.3. The molecule has 0 aromatic carbocycles. The van der Waals surface area contributed by atoms with E-state index in [1.54, 1.807) is 13.1 Å². The van der Waals surface area contributed by atoms with E-state index in [2.05, 4.69) is 11.9 Å². The van der Waals surface area contributed by atoms with E-state index in [0.29, 0.717) is 0 Å². The largest absolute Gasteiger partial charge is 0.501 e. The lowest BCUT2D eigenvalue weighted by atomic mass is 9.79. The summed E-state index contributed by atoms with van der Waals surface area (Å²) in [6, 6.07) is 0. The molecule has 0 aliphatic carbocycles. The maximum atomic E-state index is 13.0. The van der Waals surface area contributed by atoms with Crippen LogP contribution in [0, 0.1) is 5.41 Å². The van der Waals surface area contributed by atoms with E-state index in [-0.39, 0.29) is 5.47 Å². The molecule has 1 heterocycles. The van der Waals surface area contributed by atoms with Crippen LogP contribution in [0.15, 0.2) is 36.5 Å². The first-order chi connectivity index (χ1) is 9.62. The summed E-state index contributed by atoms with van der Waals surface area (Å²) in [5.74, 6) is -1.05. The van der Waals surface area contributed by atoms with Crippen molar-refractivity contribution in [3.8, 4) is 0 Å². The van der Waals surface area contributed by atoms with Gasteiger partial charge in [0, 0.05) is 13.2 Å². The SMILES string of the molecule is C=C/C=C\C.CN/C=C(/B1OC(C)(C)C(C)(C)O1)C(=N)F. The van der Waals surface area contributed by atoms with E-state index in [1.807, 2.05) is 46.8 Å². The van der Waals surface area contributed by atoms with Gasteiger partial charge in [-0.05, 0) is 34.6 Å². The summed E-state index contributed by atoms with van der Waals surface area (Å²) in [6.45, 7) is 12.9. The molecule has 2 N–H and O–H groups in total. The van der Waals surface area contributed by atoms with Crippen LogP contribution in [-0.2, 0) is 9.31 Å². The minimum atomic E-state index is -1.05. The highest BCUT2D eigenvalue weighted by molar-refractivity contribution is 6.61. The third kappa shape index (κ3) is 5.48. The van der Waals surface area contributed by atoms with Crippen LogP contribution >= 0.6 is 0 Å². The van der Waals surface area contributed by atoms with Crippen molar-refractivity contribution in [2.75, 3.05) is 7.05 Å². The maximum Gasteiger partial charge on any atom is 0.501 e. The normalized spacial score (nSPS) is 20.0. The Kier molecular flexibility index (Phi) is 7.61. The third-order valence-corrected chi connectivity index (χ3v) is 3.39. The number of hydrogen-bond donors (Lipinski definition) is 2. The van der Waals surface area contributed by atoms with Gasteiger partial charge in [-0.3, -0.25) is 5.41 Å². The molecular weight excluding hydrogens is 270 g/mol. The van der Waals surface area contributed by atoms with Crippen molar-refractivity contribution in [2.24, 2.45) is 0 Å². The van der Waals surface area contributed by atoms with Crippen molar-refractivity contribution in [3.05, 3.63) is 36.5 Å². The molecule has 1 fully saturated rings. The zero-order chi connectivity index (χ0) is 16.7. The lowest BCUT2D eigenvalue weighted by Crippen LogP contribution is -2.41. The van der Waals surface area contributed by atoms with Gasteiger partial charge in [0.05, 0.1) is 16.7 Å². The van der Waals surface area contributed by atoms with Gasteiger partial charge in [-0.2, -0.15) is 4.39 Å². The van der Waals surface area contributed by atoms with E-state index in [9.17, 15) is 4.39 Å². The highest BCUT2D eigenvalue weighted by atomic mass is 19.1. The van der Waals surface area contributed by atoms with Crippen LogP contribution in [0.25, 0.3) is 0 Å². The van der Waals surface area contributed by atoms with Crippen molar-refractivity contribution in [1.82, 2.24) is 5.32 Å². The lowest BCUT2D eigenvalue weighted by Gasteiger charge is -2.32. The van der Waals surface area contributed by atoms with E-state index in [0.717, 1.165) is 0 Å². The Bertz CT molecular complexity index is 415. The smallest absolute Gasteiger partial charge is 0.399 e. The highest BCUT2D eigenvalue weighted by Crippen LogP contribution is 2.38. The number of rotatable bonds is 4. The molecule has 0 aromatic heterocycles. The second-order valence-electron chi connectivity index (χ2n) is 5.55. The van der Waals surface area contributed by atoms with Gasteiger partial charge in [0.1, 0.15) is 0 Å². The van der Waals surface area contributed by atoms with Gasteiger partial charge in [0.25, 0.3) is 0 Å². The van der Waals surface area contributed by atoms with Crippen LogP contribution in [0.5, 0.6) is 0 Å². The molecule has 21 heavy (non-hydrogen) atoms. The van der Waals surface area contributed by atoms with Crippen LogP contribution in [-0.4, -0.2) is 31.3 Å². The topological polar surface area (TPSA) is 54.3 Å². The molecule has 1 aliphatic heterocycles. The van der Waals surface area contributed by atoms with E-state index in [1.165, 1.54) is 6.20 Å². The second kappa shape index (κ2) is 8.15. The fraction of sp³-hybridized carbons (Fsp3) is 0.533. The Morgan fingerprint density at radius 1 is 1.24 bits per heavy atom. The van der Waals surface area contributed by atoms with Gasteiger partial charge in [0.2, 0.25) is 5.97 Å². The number of allylic oxidation sites excluding steroid dienone is 4.